The first kappa shape index (κ1) is 13.4. The summed E-state index contributed by atoms with van der Waals surface area (Å²) in [7, 11) is 0. The molecule has 0 amide bonds. The van der Waals surface area contributed by atoms with Crippen molar-refractivity contribution in [3.8, 4) is 0 Å². The third-order valence-electron chi connectivity index (χ3n) is 2.73. The lowest BCUT2D eigenvalue weighted by Crippen LogP contribution is -2.55. The van der Waals surface area contributed by atoms with Crippen molar-refractivity contribution in [3.05, 3.63) is 0 Å². The number of likely N-dealkylation sites (tertiary alicyclic amines) is 1. The standard InChI is InChI=1S/C8H15FN2.2ClH/c9-7-6-10-3-2-8(7)11-4-1-5-11;;/h7-8,10H,1-6H2;2*1H/t7-,8+;;/m0../s1. The van der Waals surface area contributed by atoms with Gasteiger partial charge in [-0.25, -0.2) is 4.39 Å². The Morgan fingerprint density at radius 2 is 1.92 bits per heavy atom. The van der Waals surface area contributed by atoms with Crippen molar-refractivity contribution in [2.45, 2.75) is 25.1 Å². The maximum absolute atomic E-state index is 13.2. The van der Waals surface area contributed by atoms with E-state index in [1.807, 2.05) is 0 Å². The maximum atomic E-state index is 13.2. The highest BCUT2D eigenvalue weighted by atomic mass is 35.5. The van der Waals surface area contributed by atoms with E-state index in [9.17, 15) is 4.39 Å². The van der Waals surface area contributed by atoms with Crippen molar-refractivity contribution < 1.29 is 4.39 Å². The summed E-state index contributed by atoms with van der Waals surface area (Å²) in [5.41, 5.74) is 0. The molecule has 0 aromatic heterocycles. The molecule has 0 saturated carbocycles. The van der Waals surface area contributed by atoms with E-state index in [1.54, 1.807) is 0 Å². The SMILES string of the molecule is Cl.Cl.F[C@H]1CNCC[C@H]1N1CCC1. The molecule has 5 heteroatoms. The minimum Gasteiger partial charge on any atom is -0.314 e. The van der Waals surface area contributed by atoms with Gasteiger partial charge in [-0.3, -0.25) is 4.90 Å². The van der Waals surface area contributed by atoms with Crippen molar-refractivity contribution in [2.24, 2.45) is 0 Å². The Morgan fingerprint density at radius 1 is 1.23 bits per heavy atom. The normalized spacial score (nSPS) is 33.9. The highest BCUT2D eigenvalue weighted by Crippen LogP contribution is 2.20. The van der Waals surface area contributed by atoms with E-state index < -0.39 is 6.17 Å². The number of halogens is 3. The zero-order valence-corrected chi connectivity index (χ0v) is 9.17. The van der Waals surface area contributed by atoms with Gasteiger partial charge in [-0.05, 0) is 32.5 Å². The van der Waals surface area contributed by atoms with Crippen LogP contribution in [0.4, 0.5) is 4.39 Å². The molecule has 0 aromatic carbocycles. The van der Waals surface area contributed by atoms with E-state index in [2.05, 4.69) is 10.2 Å². The monoisotopic (exact) mass is 230 g/mol. The van der Waals surface area contributed by atoms with Gasteiger partial charge in [0.2, 0.25) is 0 Å². The molecule has 2 rings (SSSR count). The van der Waals surface area contributed by atoms with Crippen LogP contribution in [-0.4, -0.2) is 43.3 Å². The summed E-state index contributed by atoms with van der Waals surface area (Å²) in [4.78, 5) is 2.27. The molecule has 13 heavy (non-hydrogen) atoms. The number of alkyl halides is 1. The van der Waals surface area contributed by atoms with Crippen LogP contribution >= 0.6 is 24.8 Å². The smallest absolute Gasteiger partial charge is 0.128 e. The van der Waals surface area contributed by atoms with Crippen LogP contribution in [0.1, 0.15) is 12.8 Å². The van der Waals surface area contributed by atoms with Gasteiger partial charge in [-0.15, -0.1) is 24.8 Å². The Morgan fingerprint density at radius 3 is 2.38 bits per heavy atom. The highest BCUT2D eigenvalue weighted by molar-refractivity contribution is 5.85. The molecular weight excluding hydrogens is 214 g/mol. The van der Waals surface area contributed by atoms with Crippen molar-refractivity contribution in [1.82, 2.24) is 10.2 Å². The third-order valence-corrected chi connectivity index (χ3v) is 2.73. The molecular formula is C8H17Cl2FN2. The zero-order chi connectivity index (χ0) is 7.68. The predicted molar refractivity (Wildman–Crippen MR) is 56.9 cm³/mol. The van der Waals surface area contributed by atoms with Crippen molar-refractivity contribution in [3.63, 3.8) is 0 Å². The minimum absolute atomic E-state index is 0. The summed E-state index contributed by atoms with van der Waals surface area (Å²) < 4.78 is 13.2. The Balaban J connectivity index is 0.000000720. The molecule has 2 aliphatic rings. The fourth-order valence-electron chi connectivity index (χ4n) is 1.89. The Labute approximate surface area is 91.1 Å². The number of rotatable bonds is 1. The molecule has 2 heterocycles. The van der Waals surface area contributed by atoms with Crippen LogP contribution in [0.5, 0.6) is 0 Å². The second-order valence-corrected chi connectivity index (χ2v) is 3.47. The van der Waals surface area contributed by atoms with Crippen LogP contribution in [0.3, 0.4) is 0 Å². The van der Waals surface area contributed by atoms with Gasteiger partial charge in [0.05, 0.1) is 0 Å². The molecule has 1 N–H and O–H groups in total. The molecule has 0 radical (unpaired) electrons. The van der Waals surface area contributed by atoms with Crippen LogP contribution in [0.2, 0.25) is 0 Å². The lowest BCUT2D eigenvalue weighted by atomic mass is 9.99. The van der Waals surface area contributed by atoms with E-state index in [0.717, 1.165) is 26.1 Å². The number of nitrogens with one attached hydrogen (secondary N) is 1. The van der Waals surface area contributed by atoms with E-state index in [-0.39, 0.29) is 30.9 Å². The number of hydrogen-bond acceptors (Lipinski definition) is 2. The van der Waals surface area contributed by atoms with Gasteiger partial charge in [0, 0.05) is 12.6 Å². The molecule has 0 unspecified atom stereocenters. The van der Waals surface area contributed by atoms with Gasteiger partial charge < -0.3 is 5.32 Å². The first-order chi connectivity index (χ1) is 5.38. The minimum atomic E-state index is -0.635. The molecule has 0 aromatic rings. The third kappa shape index (κ3) is 2.94. The summed E-state index contributed by atoms with van der Waals surface area (Å²) in [6, 6.07) is 0.227. The van der Waals surface area contributed by atoms with Crippen LogP contribution in [0, 0.1) is 0 Å². The van der Waals surface area contributed by atoms with Crippen LogP contribution < -0.4 is 5.32 Å². The summed E-state index contributed by atoms with van der Waals surface area (Å²) in [5, 5.41) is 3.07. The number of hydrogen-bond donors (Lipinski definition) is 1. The van der Waals surface area contributed by atoms with Gasteiger partial charge in [-0.2, -0.15) is 0 Å². The molecule has 0 bridgehead atoms. The summed E-state index contributed by atoms with van der Waals surface area (Å²) in [6.07, 6.45) is 1.61. The summed E-state index contributed by atoms with van der Waals surface area (Å²) in [6.45, 7) is 3.78. The lowest BCUT2D eigenvalue weighted by molar-refractivity contribution is 0.0404. The summed E-state index contributed by atoms with van der Waals surface area (Å²) in [5.74, 6) is 0. The first-order valence-corrected chi connectivity index (χ1v) is 4.47. The molecule has 0 spiro atoms. The largest absolute Gasteiger partial charge is 0.314 e. The Kier molecular flexibility index (Phi) is 6.21. The fourth-order valence-corrected chi connectivity index (χ4v) is 1.89. The topological polar surface area (TPSA) is 15.3 Å². The second-order valence-electron chi connectivity index (χ2n) is 3.47. The van der Waals surface area contributed by atoms with E-state index >= 15 is 0 Å². The molecule has 0 aliphatic carbocycles. The average molecular weight is 231 g/mol. The molecule has 2 atom stereocenters. The average Bonchev–Trinajstić information content (AvgIpc) is 1.90. The summed E-state index contributed by atoms with van der Waals surface area (Å²) >= 11 is 0. The molecule has 2 aliphatic heterocycles. The maximum Gasteiger partial charge on any atom is 0.128 e. The molecule has 2 saturated heterocycles. The van der Waals surface area contributed by atoms with Crippen LogP contribution in [0.15, 0.2) is 0 Å². The van der Waals surface area contributed by atoms with E-state index in [1.165, 1.54) is 6.42 Å². The molecule has 80 valence electrons. The van der Waals surface area contributed by atoms with Gasteiger partial charge in [0.1, 0.15) is 6.17 Å². The van der Waals surface area contributed by atoms with Gasteiger partial charge in [-0.1, -0.05) is 0 Å². The quantitative estimate of drug-likeness (QED) is 0.730. The molecule has 2 nitrogen and oxygen atoms in total. The van der Waals surface area contributed by atoms with Gasteiger partial charge >= 0.3 is 0 Å². The first-order valence-electron chi connectivity index (χ1n) is 4.47. The predicted octanol–water partition coefficient (Wildman–Crippen LogP) is 1.24. The van der Waals surface area contributed by atoms with Crippen LogP contribution in [-0.2, 0) is 0 Å². The number of piperidine rings is 1. The zero-order valence-electron chi connectivity index (χ0n) is 7.54. The second kappa shape index (κ2) is 6.02. The van der Waals surface area contributed by atoms with Gasteiger partial charge in [0.15, 0.2) is 0 Å². The Hall–Kier alpha value is 0.430. The van der Waals surface area contributed by atoms with Crippen LogP contribution in [0.25, 0.3) is 0 Å². The number of nitrogens with zero attached hydrogens (tertiary/aromatic N) is 1. The Bertz CT molecular complexity index is 142. The lowest BCUT2D eigenvalue weighted by Gasteiger charge is -2.42. The van der Waals surface area contributed by atoms with Crippen molar-refractivity contribution in [1.29, 1.82) is 0 Å². The fraction of sp³-hybridized carbons (Fsp3) is 1.00. The van der Waals surface area contributed by atoms with Crippen molar-refractivity contribution >= 4 is 24.8 Å². The van der Waals surface area contributed by atoms with Crippen molar-refractivity contribution in [2.75, 3.05) is 26.2 Å². The van der Waals surface area contributed by atoms with Gasteiger partial charge in [0.25, 0.3) is 0 Å². The molecule has 2 fully saturated rings. The highest BCUT2D eigenvalue weighted by Gasteiger charge is 2.32. The van der Waals surface area contributed by atoms with E-state index in [0.29, 0.717) is 6.54 Å². The van der Waals surface area contributed by atoms with E-state index in [4.69, 9.17) is 0 Å².